The van der Waals surface area contributed by atoms with Crippen LogP contribution in [0.5, 0.6) is 0 Å². The highest BCUT2D eigenvalue weighted by Gasteiger charge is 2.35. The van der Waals surface area contributed by atoms with Crippen molar-refractivity contribution in [1.29, 1.82) is 0 Å². The molecule has 13 heteroatoms. The predicted octanol–water partition coefficient (Wildman–Crippen LogP) is 0.397. The number of nitrogens with zero attached hydrogens (tertiary/aromatic N) is 1. The molecule has 0 spiro atoms. The first-order chi connectivity index (χ1) is 9.99. The lowest BCUT2D eigenvalue weighted by Gasteiger charge is -2.10. The quantitative estimate of drug-likeness (QED) is 0.402. The van der Waals surface area contributed by atoms with Gasteiger partial charge in [-0.1, -0.05) is 0 Å². The summed E-state index contributed by atoms with van der Waals surface area (Å²) in [5.41, 5.74) is -1.59. The number of hydrogen-bond acceptors (Lipinski definition) is 6. The second-order valence-corrected chi connectivity index (χ2v) is 5.53. The minimum Gasteiger partial charge on any atom is -0.289 e. The number of amides is 1. The van der Waals surface area contributed by atoms with E-state index in [2.05, 4.69) is 0 Å². The highest BCUT2D eigenvalue weighted by molar-refractivity contribution is 7.89. The van der Waals surface area contributed by atoms with E-state index in [0.29, 0.717) is 12.1 Å². The number of alkyl halides is 3. The fourth-order valence-electron chi connectivity index (χ4n) is 1.34. The second-order valence-electron chi connectivity index (χ2n) is 3.80. The monoisotopic (exact) mass is 343 g/mol. The van der Waals surface area contributed by atoms with Gasteiger partial charge in [-0.15, -0.1) is 0 Å². The van der Waals surface area contributed by atoms with Gasteiger partial charge in [-0.05, 0) is 12.1 Å². The van der Waals surface area contributed by atoms with E-state index in [1.807, 2.05) is 0 Å². The van der Waals surface area contributed by atoms with Crippen LogP contribution in [0.25, 0.3) is 0 Å². The number of nitro benzene ring substituents is 1. The van der Waals surface area contributed by atoms with E-state index in [1.54, 1.807) is 4.72 Å². The molecule has 1 aromatic rings. The molecular formula is C9H8F3N3O6S. The summed E-state index contributed by atoms with van der Waals surface area (Å²) in [6, 6.07) is 0.828. The molecule has 122 valence electrons. The van der Waals surface area contributed by atoms with Crippen LogP contribution in [0.1, 0.15) is 5.56 Å². The second kappa shape index (κ2) is 6.25. The molecule has 0 aliphatic rings. The third-order valence-electron chi connectivity index (χ3n) is 2.32. The molecule has 1 rings (SSSR count). The topological polar surface area (TPSA) is 139 Å². The first-order valence-electron chi connectivity index (χ1n) is 5.27. The first-order valence-corrected chi connectivity index (χ1v) is 6.75. The molecule has 0 unspecified atom stereocenters. The summed E-state index contributed by atoms with van der Waals surface area (Å²) in [5, 5.41) is 19.0. The van der Waals surface area contributed by atoms with Gasteiger partial charge in [-0.3, -0.25) is 20.1 Å². The number of nitro groups is 1. The van der Waals surface area contributed by atoms with Crippen molar-refractivity contribution in [3.63, 3.8) is 0 Å². The molecule has 0 aromatic heterocycles. The Morgan fingerprint density at radius 2 is 1.95 bits per heavy atom. The number of benzene rings is 1. The lowest BCUT2D eigenvalue weighted by atomic mass is 10.2. The minimum absolute atomic E-state index is 0.0701. The van der Waals surface area contributed by atoms with Crippen molar-refractivity contribution >= 4 is 21.6 Å². The van der Waals surface area contributed by atoms with Crippen LogP contribution in [0.15, 0.2) is 23.1 Å². The third-order valence-corrected chi connectivity index (χ3v) is 3.77. The Labute approximate surface area is 120 Å². The number of carbonyl (C=O) groups excluding carboxylic acids is 1. The summed E-state index contributed by atoms with van der Waals surface area (Å²) in [6.45, 7) is -0.961. The van der Waals surface area contributed by atoms with Gasteiger partial charge in [0.15, 0.2) is 4.90 Å². The molecule has 0 aliphatic heterocycles. The van der Waals surface area contributed by atoms with Gasteiger partial charge in [-0.2, -0.15) is 13.2 Å². The number of rotatable bonds is 5. The maximum absolute atomic E-state index is 12.5. The molecule has 0 saturated carbocycles. The Kier molecular flexibility index (Phi) is 5.05. The molecule has 0 bridgehead atoms. The molecule has 0 radical (unpaired) electrons. The number of sulfonamides is 1. The average molecular weight is 343 g/mol. The van der Waals surface area contributed by atoms with Crippen molar-refractivity contribution in [2.45, 2.75) is 11.1 Å². The summed E-state index contributed by atoms with van der Waals surface area (Å²) in [5.74, 6) is -1.17. The van der Waals surface area contributed by atoms with Gasteiger partial charge in [0.2, 0.25) is 10.0 Å². The van der Waals surface area contributed by atoms with Gasteiger partial charge >= 0.3 is 6.18 Å². The number of hydrogen-bond donors (Lipinski definition) is 3. The van der Waals surface area contributed by atoms with Crippen molar-refractivity contribution in [2.24, 2.45) is 0 Å². The Balaban J connectivity index is 3.29. The van der Waals surface area contributed by atoms with Crippen LogP contribution in [0.4, 0.5) is 18.9 Å². The zero-order valence-electron chi connectivity index (χ0n) is 10.4. The van der Waals surface area contributed by atoms with Crippen molar-refractivity contribution in [3.8, 4) is 0 Å². The molecule has 9 nitrogen and oxygen atoms in total. The SMILES string of the molecule is O=C(CNS(=O)(=O)c1ccc(C(F)(F)F)cc1[N+](=O)[O-])NO. The van der Waals surface area contributed by atoms with E-state index in [0.717, 1.165) is 5.48 Å². The maximum Gasteiger partial charge on any atom is 0.416 e. The highest BCUT2D eigenvalue weighted by atomic mass is 32.2. The summed E-state index contributed by atoms with van der Waals surface area (Å²) in [7, 11) is -4.63. The summed E-state index contributed by atoms with van der Waals surface area (Å²) in [4.78, 5) is 19.2. The molecule has 1 amide bonds. The zero-order chi connectivity index (χ0) is 17.1. The average Bonchev–Trinajstić information content (AvgIpc) is 2.43. The fourth-order valence-corrected chi connectivity index (χ4v) is 2.47. The molecule has 0 saturated heterocycles. The van der Waals surface area contributed by atoms with E-state index in [4.69, 9.17) is 5.21 Å². The van der Waals surface area contributed by atoms with Crippen LogP contribution in [0.2, 0.25) is 0 Å². The number of hydroxylamine groups is 1. The molecule has 1 aromatic carbocycles. The van der Waals surface area contributed by atoms with E-state index in [-0.39, 0.29) is 6.07 Å². The maximum atomic E-state index is 12.5. The molecule has 0 atom stereocenters. The molecule has 22 heavy (non-hydrogen) atoms. The van der Waals surface area contributed by atoms with Crippen LogP contribution in [0, 0.1) is 10.1 Å². The third kappa shape index (κ3) is 4.12. The van der Waals surface area contributed by atoms with E-state index >= 15 is 0 Å². The van der Waals surface area contributed by atoms with E-state index in [1.165, 1.54) is 0 Å². The Morgan fingerprint density at radius 1 is 1.36 bits per heavy atom. The van der Waals surface area contributed by atoms with Crippen LogP contribution >= 0.6 is 0 Å². The molecule has 0 aliphatic carbocycles. The fraction of sp³-hybridized carbons (Fsp3) is 0.222. The first kappa shape index (κ1) is 17.8. The van der Waals surface area contributed by atoms with Gasteiger partial charge in [0.1, 0.15) is 0 Å². The van der Waals surface area contributed by atoms with Crippen molar-refractivity contribution in [3.05, 3.63) is 33.9 Å². The van der Waals surface area contributed by atoms with Gasteiger partial charge in [-0.25, -0.2) is 18.6 Å². The van der Waals surface area contributed by atoms with Gasteiger partial charge in [0, 0.05) is 6.07 Å². The molecule has 0 fully saturated rings. The lowest BCUT2D eigenvalue weighted by molar-refractivity contribution is -0.388. The normalized spacial score (nSPS) is 12.0. The van der Waals surface area contributed by atoms with Crippen molar-refractivity contribution in [2.75, 3.05) is 6.54 Å². The smallest absolute Gasteiger partial charge is 0.289 e. The van der Waals surface area contributed by atoms with Crippen LogP contribution in [0.3, 0.4) is 0 Å². The zero-order valence-corrected chi connectivity index (χ0v) is 11.2. The van der Waals surface area contributed by atoms with E-state index < -0.39 is 49.7 Å². The largest absolute Gasteiger partial charge is 0.416 e. The summed E-state index contributed by atoms with van der Waals surface area (Å²) < 4.78 is 62.6. The standard InChI is InChI=1S/C9H8F3N3O6S/c10-9(11,12)5-1-2-7(6(3-5)15(18)19)22(20,21)13-4-8(16)14-17/h1-3,13,17H,4H2,(H,14,16). The summed E-state index contributed by atoms with van der Waals surface area (Å²) in [6.07, 6.45) is -4.89. The summed E-state index contributed by atoms with van der Waals surface area (Å²) >= 11 is 0. The molecule has 0 heterocycles. The van der Waals surface area contributed by atoms with Crippen LogP contribution in [-0.4, -0.2) is 31.0 Å². The number of nitrogens with one attached hydrogen (secondary N) is 2. The number of carbonyl (C=O) groups is 1. The lowest BCUT2D eigenvalue weighted by Crippen LogP contribution is -2.35. The van der Waals surface area contributed by atoms with Crippen LogP contribution in [-0.2, 0) is 21.0 Å². The molecular weight excluding hydrogens is 335 g/mol. The molecule has 3 N–H and O–H groups in total. The Hall–Kier alpha value is -2.25. The van der Waals surface area contributed by atoms with Gasteiger partial charge < -0.3 is 0 Å². The Morgan fingerprint density at radius 3 is 2.41 bits per heavy atom. The van der Waals surface area contributed by atoms with Crippen molar-refractivity contribution in [1.82, 2.24) is 10.2 Å². The Bertz CT molecular complexity index is 703. The van der Waals surface area contributed by atoms with Crippen molar-refractivity contribution < 1.29 is 36.5 Å². The van der Waals surface area contributed by atoms with Gasteiger partial charge in [0.05, 0.1) is 17.0 Å². The highest BCUT2D eigenvalue weighted by Crippen LogP contribution is 2.34. The predicted molar refractivity (Wildman–Crippen MR) is 63.2 cm³/mol. The van der Waals surface area contributed by atoms with Gasteiger partial charge in [0.25, 0.3) is 11.6 Å². The minimum atomic E-state index is -4.89. The number of halogens is 3. The van der Waals surface area contributed by atoms with Crippen LogP contribution < -0.4 is 10.2 Å². The van der Waals surface area contributed by atoms with E-state index in [9.17, 15) is 36.5 Å².